The molecule has 0 saturated heterocycles. The number of aliphatic carboxylic acids is 1. The highest BCUT2D eigenvalue weighted by Gasteiger charge is 2.35. The highest BCUT2D eigenvalue weighted by molar-refractivity contribution is 8.00. The number of benzene rings is 3. The maximum atomic E-state index is 13.5. The Morgan fingerprint density at radius 3 is 2.08 bits per heavy atom. The van der Waals surface area contributed by atoms with Crippen molar-refractivity contribution in [3.8, 4) is 0 Å². The Morgan fingerprint density at radius 2 is 1.44 bits per heavy atom. The van der Waals surface area contributed by atoms with Crippen LogP contribution in [0.1, 0.15) is 29.2 Å². The van der Waals surface area contributed by atoms with Crippen LogP contribution in [0.25, 0.3) is 0 Å². The molecule has 1 aliphatic rings. The number of carbonyl (C=O) groups excluding carboxylic acids is 2. The third kappa shape index (κ3) is 7.08. The summed E-state index contributed by atoms with van der Waals surface area (Å²) in [5, 5.41) is 13.7. The molecule has 2 amide bonds. The number of amides is 2. The first-order valence-corrected chi connectivity index (χ1v) is 13.0. The molecule has 0 fully saturated rings. The van der Waals surface area contributed by atoms with Crippen molar-refractivity contribution in [2.24, 2.45) is 11.8 Å². The van der Waals surface area contributed by atoms with Crippen LogP contribution >= 0.6 is 11.8 Å². The van der Waals surface area contributed by atoms with Crippen molar-refractivity contribution in [1.82, 2.24) is 0 Å². The molecule has 0 aliphatic heterocycles. The fraction of sp³-hybridized carbons (Fsp3) is 0.207. The Labute approximate surface area is 227 Å². The van der Waals surface area contributed by atoms with E-state index in [-0.39, 0.29) is 5.69 Å². The monoisotopic (exact) mass is 554 g/mol. The molecule has 1 aliphatic carbocycles. The van der Waals surface area contributed by atoms with Gasteiger partial charge < -0.3 is 15.7 Å². The molecule has 3 aromatic rings. The van der Waals surface area contributed by atoms with Crippen LogP contribution in [-0.4, -0.2) is 22.9 Å². The quantitative estimate of drug-likeness (QED) is 0.211. The Hall–Kier alpha value is -4.05. The summed E-state index contributed by atoms with van der Waals surface area (Å²) in [6.07, 6.45) is -0.444. The SMILES string of the molecule is O=C(Nc1ccc(S[C@@H](C(=O)Nc2ccccc2C(F)(F)F)c2ccccc2)cc1)[C@H]1CC=CC[C@H]1C(=O)O. The van der Waals surface area contributed by atoms with Crippen LogP contribution in [-0.2, 0) is 20.6 Å². The van der Waals surface area contributed by atoms with E-state index in [0.717, 1.165) is 17.8 Å². The molecule has 0 unspecified atom stereocenters. The van der Waals surface area contributed by atoms with Gasteiger partial charge in [-0.2, -0.15) is 13.2 Å². The number of thioether (sulfide) groups is 1. The number of allylic oxidation sites excluding steroid dienone is 2. The standard InChI is InChI=1S/C29H25F3N2O4S/c30-29(31,32)23-12-6-7-13-24(23)34-27(36)25(18-8-2-1-3-9-18)39-20-16-14-19(15-17-20)33-26(35)21-10-4-5-11-22(21)28(37)38/h1-9,12-17,21-22,25H,10-11H2,(H,33,35)(H,34,36)(H,37,38)/t21-,22+,25+/m0/s1. The number of rotatable bonds is 8. The van der Waals surface area contributed by atoms with E-state index >= 15 is 0 Å². The molecule has 0 spiro atoms. The lowest BCUT2D eigenvalue weighted by Crippen LogP contribution is -2.34. The van der Waals surface area contributed by atoms with Crippen molar-refractivity contribution in [3.63, 3.8) is 0 Å². The second-order valence-corrected chi connectivity index (χ2v) is 10.1. The normalized spacial score (nSPS) is 17.7. The molecule has 6 nitrogen and oxygen atoms in total. The fourth-order valence-electron chi connectivity index (χ4n) is 4.30. The zero-order chi connectivity index (χ0) is 28.0. The Balaban J connectivity index is 1.50. The average Bonchev–Trinajstić information content (AvgIpc) is 2.92. The average molecular weight is 555 g/mol. The minimum atomic E-state index is -4.63. The molecule has 3 atom stereocenters. The number of nitrogens with one attached hydrogen (secondary N) is 2. The third-order valence-corrected chi connectivity index (χ3v) is 7.56. The molecule has 0 radical (unpaired) electrons. The van der Waals surface area contributed by atoms with Gasteiger partial charge in [-0.25, -0.2) is 0 Å². The van der Waals surface area contributed by atoms with Crippen LogP contribution in [0.15, 0.2) is 95.9 Å². The molecular weight excluding hydrogens is 529 g/mol. The van der Waals surface area contributed by atoms with Crippen molar-refractivity contribution in [2.45, 2.75) is 29.2 Å². The van der Waals surface area contributed by atoms with Gasteiger partial charge in [0.05, 0.1) is 23.1 Å². The van der Waals surface area contributed by atoms with Crippen molar-refractivity contribution in [3.05, 3.63) is 102 Å². The van der Waals surface area contributed by atoms with E-state index in [1.165, 1.54) is 18.2 Å². The van der Waals surface area contributed by atoms with E-state index in [1.807, 2.05) is 0 Å². The number of carbonyl (C=O) groups is 3. The number of anilines is 2. The molecular formula is C29H25F3N2O4S. The number of hydrogen-bond acceptors (Lipinski definition) is 4. The molecule has 4 rings (SSSR count). The third-order valence-electron chi connectivity index (χ3n) is 6.29. The first kappa shape index (κ1) is 28.0. The van der Waals surface area contributed by atoms with Gasteiger partial charge in [-0.15, -0.1) is 11.8 Å². The number of carboxylic acids is 1. The molecule has 3 aromatic carbocycles. The largest absolute Gasteiger partial charge is 0.481 e. The van der Waals surface area contributed by atoms with Crippen molar-refractivity contribution < 1.29 is 32.7 Å². The van der Waals surface area contributed by atoms with Crippen LogP contribution in [0.3, 0.4) is 0 Å². The first-order chi connectivity index (χ1) is 18.6. The zero-order valence-corrected chi connectivity index (χ0v) is 21.3. The lowest BCUT2D eigenvalue weighted by Gasteiger charge is -2.24. The fourth-order valence-corrected chi connectivity index (χ4v) is 5.33. The maximum Gasteiger partial charge on any atom is 0.418 e. The summed E-state index contributed by atoms with van der Waals surface area (Å²) in [6, 6.07) is 20.1. The van der Waals surface area contributed by atoms with E-state index in [9.17, 15) is 32.7 Å². The highest BCUT2D eigenvalue weighted by atomic mass is 32.2. The summed E-state index contributed by atoms with van der Waals surface area (Å²) >= 11 is 1.15. The molecule has 0 bridgehead atoms. The van der Waals surface area contributed by atoms with E-state index in [4.69, 9.17) is 0 Å². The summed E-state index contributed by atoms with van der Waals surface area (Å²) < 4.78 is 40.4. The van der Waals surface area contributed by atoms with Crippen molar-refractivity contribution >= 4 is 40.9 Å². The van der Waals surface area contributed by atoms with E-state index < -0.39 is 46.6 Å². The minimum Gasteiger partial charge on any atom is -0.481 e. The summed E-state index contributed by atoms with van der Waals surface area (Å²) in [5.41, 5.74) is -0.199. The Morgan fingerprint density at radius 1 is 0.821 bits per heavy atom. The molecule has 3 N–H and O–H groups in total. The Kier molecular flexibility index (Phi) is 8.75. The second kappa shape index (κ2) is 12.2. The van der Waals surface area contributed by atoms with Crippen molar-refractivity contribution in [2.75, 3.05) is 10.6 Å². The van der Waals surface area contributed by atoms with Gasteiger partial charge >= 0.3 is 12.1 Å². The lowest BCUT2D eigenvalue weighted by atomic mass is 9.82. The summed E-state index contributed by atoms with van der Waals surface area (Å²) in [7, 11) is 0. The molecule has 0 aromatic heterocycles. The van der Waals surface area contributed by atoms with E-state index in [1.54, 1.807) is 66.7 Å². The van der Waals surface area contributed by atoms with Crippen LogP contribution in [0.5, 0.6) is 0 Å². The van der Waals surface area contributed by atoms with Gasteiger partial charge in [-0.05, 0) is 54.8 Å². The van der Waals surface area contributed by atoms with Gasteiger partial charge in [0.1, 0.15) is 5.25 Å². The van der Waals surface area contributed by atoms with Gasteiger partial charge in [0.2, 0.25) is 11.8 Å². The van der Waals surface area contributed by atoms with Crippen LogP contribution in [0, 0.1) is 11.8 Å². The van der Waals surface area contributed by atoms with Crippen LogP contribution in [0.4, 0.5) is 24.5 Å². The van der Waals surface area contributed by atoms with Gasteiger partial charge in [-0.3, -0.25) is 14.4 Å². The molecule has 10 heteroatoms. The number of alkyl halides is 3. The number of para-hydroxylation sites is 1. The van der Waals surface area contributed by atoms with Gasteiger partial charge in [0.15, 0.2) is 0 Å². The summed E-state index contributed by atoms with van der Waals surface area (Å²) in [6.45, 7) is 0. The van der Waals surface area contributed by atoms with E-state index in [2.05, 4.69) is 10.6 Å². The smallest absolute Gasteiger partial charge is 0.418 e. The van der Waals surface area contributed by atoms with Gasteiger partial charge in [0.25, 0.3) is 0 Å². The van der Waals surface area contributed by atoms with Gasteiger partial charge in [0, 0.05) is 10.6 Å². The second-order valence-electron chi connectivity index (χ2n) is 8.95. The maximum absolute atomic E-state index is 13.5. The minimum absolute atomic E-state index is 0.291. The Bertz CT molecular complexity index is 1360. The van der Waals surface area contributed by atoms with Gasteiger partial charge in [-0.1, -0.05) is 54.6 Å². The summed E-state index contributed by atoms with van der Waals surface area (Å²) in [4.78, 5) is 38.2. The molecule has 0 heterocycles. The number of halogens is 3. The van der Waals surface area contributed by atoms with E-state index in [0.29, 0.717) is 29.0 Å². The topological polar surface area (TPSA) is 95.5 Å². The predicted molar refractivity (Wildman–Crippen MR) is 143 cm³/mol. The molecule has 202 valence electrons. The summed E-state index contributed by atoms with van der Waals surface area (Å²) in [5.74, 6) is -3.51. The van der Waals surface area contributed by atoms with Crippen molar-refractivity contribution in [1.29, 1.82) is 0 Å². The zero-order valence-electron chi connectivity index (χ0n) is 20.5. The number of carboxylic acid groups (broad SMARTS) is 1. The van der Waals surface area contributed by atoms with Crippen LogP contribution in [0.2, 0.25) is 0 Å². The predicted octanol–water partition coefficient (Wildman–Crippen LogP) is 6.78. The molecule has 39 heavy (non-hydrogen) atoms. The highest BCUT2D eigenvalue weighted by Crippen LogP contribution is 2.39. The number of hydrogen-bond donors (Lipinski definition) is 3. The lowest BCUT2D eigenvalue weighted by molar-refractivity contribution is -0.146. The van der Waals surface area contributed by atoms with Crippen LogP contribution < -0.4 is 10.6 Å². The first-order valence-electron chi connectivity index (χ1n) is 12.1. The molecule has 0 saturated carbocycles.